The summed E-state index contributed by atoms with van der Waals surface area (Å²) in [6.07, 6.45) is 3.72. The predicted octanol–water partition coefficient (Wildman–Crippen LogP) is 2.87. The van der Waals surface area contributed by atoms with E-state index in [9.17, 15) is 0 Å². The molecule has 1 heterocycles. The van der Waals surface area contributed by atoms with Gasteiger partial charge in [0.05, 0.1) is 6.04 Å². The Morgan fingerprint density at radius 1 is 0.947 bits per heavy atom. The van der Waals surface area contributed by atoms with E-state index in [-0.39, 0.29) is 6.04 Å². The van der Waals surface area contributed by atoms with E-state index in [1.54, 1.807) is 0 Å². The summed E-state index contributed by atoms with van der Waals surface area (Å²) in [6.45, 7) is 8.41. The molecule has 3 nitrogen and oxygen atoms in total. The highest BCUT2D eigenvalue weighted by atomic mass is 15.2. The Bertz CT molecular complexity index is 591. The van der Waals surface area contributed by atoms with Gasteiger partial charge >= 0.3 is 0 Å². The van der Waals surface area contributed by atoms with Gasteiger partial charge in [-0.1, -0.05) is 18.2 Å². The topological polar surface area (TPSA) is 50.9 Å². The number of nitrogens with one attached hydrogen (secondary N) is 1. The third-order valence-electron chi connectivity index (χ3n) is 3.59. The molecule has 0 aliphatic heterocycles. The van der Waals surface area contributed by atoms with Crippen LogP contribution >= 0.6 is 0 Å². The molecule has 1 aromatic heterocycles. The first-order valence-electron chi connectivity index (χ1n) is 6.48. The smallest absolute Gasteiger partial charge is 0.0727 e. The van der Waals surface area contributed by atoms with Crippen molar-refractivity contribution in [2.24, 2.45) is 5.84 Å². The van der Waals surface area contributed by atoms with E-state index in [0.29, 0.717) is 0 Å². The molecule has 2 aromatic rings. The monoisotopic (exact) mass is 255 g/mol. The molecular formula is C16H21N3. The summed E-state index contributed by atoms with van der Waals surface area (Å²) in [4.78, 5) is 4.25. The summed E-state index contributed by atoms with van der Waals surface area (Å²) in [5, 5.41) is 0. The fourth-order valence-corrected chi connectivity index (χ4v) is 2.40. The van der Waals surface area contributed by atoms with Gasteiger partial charge in [-0.3, -0.25) is 10.8 Å². The Labute approximate surface area is 114 Å². The molecule has 0 radical (unpaired) electrons. The molecule has 1 atom stereocenters. The lowest BCUT2D eigenvalue weighted by atomic mass is 9.92. The standard InChI is InChI=1S/C16H21N3/c1-10-5-14(9-18-8-10)16(19-17)15-7-12(3)11(2)6-13(15)4/h5-9,16,19H,17H2,1-4H3. The molecule has 1 aromatic carbocycles. The van der Waals surface area contributed by atoms with Crippen LogP contribution in [0.25, 0.3) is 0 Å². The first-order chi connectivity index (χ1) is 9.02. The Morgan fingerprint density at radius 2 is 1.63 bits per heavy atom. The van der Waals surface area contributed by atoms with Crippen molar-refractivity contribution >= 4 is 0 Å². The third-order valence-corrected chi connectivity index (χ3v) is 3.59. The van der Waals surface area contributed by atoms with Crippen molar-refractivity contribution in [2.45, 2.75) is 33.7 Å². The molecule has 0 amide bonds. The molecule has 1 unspecified atom stereocenters. The zero-order valence-corrected chi connectivity index (χ0v) is 12.0. The van der Waals surface area contributed by atoms with Crippen molar-refractivity contribution < 1.29 is 0 Å². The zero-order chi connectivity index (χ0) is 14.0. The lowest BCUT2D eigenvalue weighted by molar-refractivity contribution is 0.630. The number of hydrogen-bond donors (Lipinski definition) is 2. The molecule has 100 valence electrons. The van der Waals surface area contributed by atoms with Gasteiger partial charge in [-0.05, 0) is 61.1 Å². The van der Waals surface area contributed by atoms with Crippen LogP contribution in [0.15, 0.2) is 30.6 Å². The van der Waals surface area contributed by atoms with Crippen LogP contribution in [0.2, 0.25) is 0 Å². The lowest BCUT2D eigenvalue weighted by Crippen LogP contribution is -2.29. The predicted molar refractivity (Wildman–Crippen MR) is 78.8 cm³/mol. The molecule has 2 rings (SSSR count). The van der Waals surface area contributed by atoms with Crippen molar-refractivity contribution in [3.63, 3.8) is 0 Å². The molecule has 0 saturated carbocycles. The van der Waals surface area contributed by atoms with Crippen molar-refractivity contribution in [1.29, 1.82) is 0 Å². The molecule has 0 spiro atoms. The van der Waals surface area contributed by atoms with E-state index < -0.39 is 0 Å². The molecular weight excluding hydrogens is 234 g/mol. The van der Waals surface area contributed by atoms with E-state index in [1.165, 1.54) is 22.3 Å². The van der Waals surface area contributed by atoms with Gasteiger partial charge in [0.25, 0.3) is 0 Å². The molecule has 0 fully saturated rings. The highest BCUT2D eigenvalue weighted by molar-refractivity contribution is 5.42. The van der Waals surface area contributed by atoms with E-state index in [4.69, 9.17) is 5.84 Å². The van der Waals surface area contributed by atoms with Crippen molar-refractivity contribution in [3.05, 3.63) is 64.0 Å². The fraction of sp³-hybridized carbons (Fsp3) is 0.312. The number of nitrogens with two attached hydrogens (primary N) is 1. The number of pyridine rings is 1. The largest absolute Gasteiger partial charge is 0.271 e. The average Bonchev–Trinajstić information content (AvgIpc) is 2.36. The van der Waals surface area contributed by atoms with Crippen LogP contribution in [-0.2, 0) is 0 Å². The van der Waals surface area contributed by atoms with Gasteiger partial charge in [0.2, 0.25) is 0 Å². The fourth-order valence-electron chi connectivity index (χ4n) is 2.40. The van der Waals surface area contributed by atoms with Gasteiger partial charge in [0.15, 0.2) is 0 Å². The number of benzene rings is 1. The Balaban J connectivity index is 2.51. The Hall–Kier alpha value is -1.71. The van der Waals surface area contributed by atoms with Crippen LogP contribution in [0.3, 0.4) is 0 Å². The van der Waals surface area contributed by atoms with Crippen LogP contribution in [-0.4, -0.2) is 4.98 Å². The highest BCUT2D eigenvalue weighted by Crippen LogP contribution is 2.26. The summed E-state index contributed by atoms with van der Waals surface area (Å²) in [5.41, 5.74) is 10.2. The van der Waals surface area contributed by atoms with Crippen LogP contribution in [0.5, 0.6) is 0 Å². The van der Waals surface area contributed by atoms with E-state index in [0.717, 1.165) is 11.1 Å². The minimum absolute atomic E-state index is 0.0216. The molecule has 3 N–H and O–H groups in total. The lowest BCUT2D eigenvalue weighted by Gasteiger charge is -2.20. The Kier molecular flexibility index (Phi) is 3.98. The van der Waals surface area contributed by atoms with Crippen LogP contribution < -0.4 is 11.3 Å². The summed E-state index contributed by atoms with van der Waals surface area (Å²) in [5.74, 6) is 5.77. The van der Waals surface area contributed by atoms with Gasteiger partial charge in [-0.15, -0.1) is 0 Å². The van der Waals surface area contributed by atoms with Crippen molar-refractivity contribution in [1.82, 2.24) is 10.4 Å². The maximum atomic E-state index is 5.77. The summed E-state index contributed by atoms with van der Waals surface area (Å²) < 4.78 is 0. The number of hydrogen-bond acceptors (Lipinski definition) is 3. The maximum absolute atomic E-state index is 5.77. The second-order valence-electron chi connectivity index (χ2n) is 5.19. The van der Waals surface area contributed by atoms with Crippen LogP contribution in [0.4, 0.5) is 0 Å². The van der Waals surface area contributed by atoms with E-state index in [1.807, 2.05) is 19.3 Å². The van der Waals surface area contributed by atoms with E-state index >= 15 is 0 Å². The summed E-state index contributed by atoms with van der Waals surface area (Å²) >= 11 is 0. The second-order valence-corrected chi connectivity index (χ2v) is 5.19. The molecule has 0 aliphatic rings. The van der Waals surface area contributed by atoms with Gasteiger partial charge in [-0.25, -0.2) is 5.43 Å². The average molecular weight is 255 g/mol. The van der Waals surface area contributed by atoms with Crippen molar-refractivity contribution in [2.75, 3.05) is 0 Å². The number of rotatable bonds is 3. The van der Waals surface area contributed by atoms with E-state index in [2.05, 4.69) is 49.4 Å². The molecule has 0 saturated heterocycles. The third kappa shape index (κ3) is 2.83. The maximum Gasteiger partial charge on any atom is 0.0727 e. The van der Waals surface area contributed by atoms with Crippen LogP contribution in [0.1, 0.15) is 39.4 Å². The number of hydrazine groups is 1. The number of nitrogens with zero attached hydrogens (tertiary/aromatic N) is 1. The minimum Gasteiger partial charge on any atom is -0.271 e. The van der Waals surface area contributed by atoms with Crippen molar-refractivity contribution in [3.8, 4) is 0 Å². The minimum atomic E-state index is -0.0216. The second kappa shape index (κ2) is 5.51. The number of aromatic nitrogens is 1. The highest BCUT2D eigenvalue weighted by Gasteiger charge is 2.16. The zero-order valence-electron chi connectivity index (χ0n) is 12.0. The molecule has 3 heteroatoms. The Morgan fingerprint density at radius 3 is 2.26 bits per heavy atom. The SMILES string of the molecule is Cc1cncc(C(NN)c2cc(C)c(C)cc2C)c1. The summed E-state index contributed by atoms with van der Waals surface area (Å²) in [7, 11) is 0. The van der Waals surface area contributed by atoms with Gasteiger partial charge in [-0.2, -0.15) is 0 Å². The first-order valence-corrected chi connectivity index (χ1v) is 6.48. The van der Waals surface area contributed by atoms with Gasteiger partial charge < -0.3 is 0 Å². The molecule has 19 heavy (non-hydrogen) atoms. The number of aryl methyl sites for hydroxylation is 4. The molecule has 0 aliphatic carbocycles. The van der Waals surface area contributed by atoms with Gasteiger partial charge in [0.1, 0.15) is 0 Å². The van der Waals surface area contributed by atoms with Crippen LogP contribution in [0, 0.1) is 27.7 Å². The van der Waals surface area contributed by atoms with Gasteiger partial charge in [0, 0.05) is 12.4 Å². The quantitative estimate of drug-likeness (QED) is 0.655. The summed E-state index contributed by atoms with van der Waals surface area (Å²) in [6, 6.07) is 6.51. The first kappa shape index (κ1) is 13.7. The molecule has 0 bridgehead atoms. The normalized spacial score (nSPS) is 12.5.